The fourth-order valence-electron chi connectivity index (χ4n) is 2.71. The zero-order valence-corrected chi connectivity index (χ0v) is 16.9. The molecule has 0 fully saturated rings. The van der Waals surface area contributed by atoms with Crippen LogP contribution in [-0.4, -0.2) is 25.2 Å². The van der Waals surface area contributed by atoms with E-state index in [9.17, 15) is 9.59 Å². The fourth-order valence-corrected chi connectivity index (χ4v) is 3.12. The first-order valence-electron chi connectivity index (χ1n) is 8.95. The van der Waals surface area contributed by atoms with Crippen molar-refractivity contribution in [3.8, 4) is 5.75 Å². The van der Waals surface area contributed by atoms with Gasteiger partial charge in [-0.3, -0.25) is 4.79 Å². The van der Waals surface area contributed by atoms with Crippen molar-refractivity contribution in [2.24, 2.45) is 0 Å². The topological polar surface area (TPSA) is 64.6 Å². The molecule has 148 valence electrons. The number of hydrogen-bond acceptors (Lipinski definition) is 5. The van der Waals surface area contributed by atoms with Crippen molar-refractivity contribution in [1.82, 2.24) is 0 Å². The number of hydrogen-bond donors (Lipinski definition) is 1. The Balaban J connectivity index is 1.82. The van der Waals surface area contributed by atoms with Crippen LogP contribution in [-0.2, 0) is 9.53 Å². The quantitative estimate of drug-likeness (QED) is 0.443. The molecule has 3 aromatic carbocycles. The zero-order chi connectivity index (χ0) is 20.6. The fraction of sp³-hybridized carbons (Fsp3) is 0.130. The molecule has 0 heterocycles. The summed E-state index contributed by atoms with van der Waals surface area (Å²) < 4.78 is 10.8. The summed E-state index contributed by atoms with van der Waals surface area (Å²) in [7, 11) is 1.55. The van der Waals surface area contributed by atoms with Gasteiger partial charge in [-0.1, -0.05) is 36.4 Å². The van der Waals surface area contributed by atoms with Crippen LogP contribution in [0.4, 0.5) is 5.69 Å². The predicted octanol–water partition coefficient (Wildman–Crippen LogP) is 4.95. The van der Waals surface area contributed by atoms with Crippen molar-refractivity contribution in [1.29, 1.82) is 0 Å². The molecule has 29 heavy (non-hydrogen) atoms. The molecule has 0 aliphatic heterocycles. The molecule has 0 aliphatic rings. The maximum atomic E-state index is 12.9. The Kier molecular flexibility index (Phi) is 6.92. The van der Waals surface area contributed by atoms with Crippen LogP contribution in [0.1, 0.15) is 22.0 Å². The first-order valence-corrected chi connectivity index (χ1v) is 10.2. The molecule has 0 bridgehead atoms. The smallest absolute Gasteiger partial charge is 0.339 e. The van der Waals surface area contributed by atoms with Crippen LogP contribution in [0.2, 0.25) is 0 Å². The number of anilines is 1. The Morgan fingerprint density at radius 1 is 0.931 bits per heavy atom. The van der Waals surface area contributed by atoms with E-state index in [1.165, 1.54) is 0 Å². The third-order valence-electron chi connectivity index (χ3n) is 4.23. The van der Waals surface area contributed by atoms with E-state index < -0.39 is 18.0 Å². The summed E-state index contributed by atoms with van der Waals surface area (Å²) in [4.78, 5) is 26.6. The molecule has 3 aromatic rings. The molecule has 1 N–H and O–H groups in total. The van der Waals surface area contributed by atoms with Gasteiger partial charge in [0.15, 0.2) is 0 Å². The third kappa shape index (κ3) is 5.39. The number of nitrogens with one attached hydrogen (secondary N) is 1. The molecule has 6 heteroatoms. The summed E-state index contributed by atoms with van der Waals surface area (Å²) in [6.07, 6.45) is 0.872. The van der Waals surface area contributed by atoms with Gasteiger partial charge in [0.1, 0.15) is 5.75 Å². The zero-order valence-electron chi connectivity index (χ0n) is 16.1. The van der Waals surface area contributed by atoms with Crippen molar-refractivity contribution in [2.45, 2.75) is 11.0 Å². The van der Waals surface area contributed by atoms with E-state index in [4.69, 9.17) is 9.47 Å². The average molecular weight is 407 g/mol. The second kappa shape index (κ2) is 9.80. The first-order chi connectivity index (χ1) is 14.1. The molecule has 1 atom stereocenters. The summed E-state index contributed by atoms with van der Waals surface area (Å²) in [6, 6.07) is 23.0. The minimum absolute atomic E-state index is 0.387. The van der Waals surface area contributed by atoms with Gasteiger partial charge >= 0.3 is 5.97 Å². The van der Waals surface area contributed by atoms with E-state index in [0.29, 0.717) is 22.6 Å². The number of carbonyl (C=O) groups is 2. The number of rotatable bonds is 7. The molecule has 5 nitrogen and oxygen atoms in total. The van der Waals surface area contributed by atoms with Gasteiger partial charge in [-0.25, -0.2) is 4.79 Å². The molecule has 0 aromatic heterocycles. The lowest BCUT2D eigenvalue weighted by atomic mass is 10.1. The Bertz CT molecular complexity index is 974. The van der Waals surface area contributed by atoms with Crippen LogP contribution < -0.4 is 10.1 Å². The minimum Gasteiger partial charge on any atom is -0.497 e. The van der Waals surface area contributed by atoms with E-state index in [2.05, 4.69) is 5.32 Å². The summed E-state index contributed by atoms with van der Waals surface area (Å²) in [5.41, 5.74) is 1.52. The lowest BCUT2D eigenvalue weighted by Crippen LogP contribution is -2.26. The summed E-state index contributed by atoms with van der Waals surface area (Å²) in [5, 5.41) is 2.79. The molecule has 0 radical (unpaired) electrons. The van der Waals surface area contributed by atoms with E-state index in [-0.39, 0.29) is 0 Å². The van der Waals surface area contributed by atoms with Gasteiger partial charge in [-0.05, 0) is 42.7 Å². The van der Waals surface area contributed by atoms with Crippen molar-refractivity contribution < 1.29 is 19.1 Å². The Morgan fingerprint density at radius 2 is 1.66 bits per heavy atom. The number of methoxy groups -OCH3 is 1. The maximum absolute atomic E-state index is 12.9. The standard InChI is InChI=1S/C23H21NO4S/c1-27-19-10-6-9-18(15-19)24-22(25)21(16-7-4-3-5-8-16)28-23(26)17-11-13-20(29-2)14-12-17/h3-15,21H,1-2H3,(H,24,25)/t21-/m0/s1. The van der Waals surface area contributed by atoms with Gasteiger partial charge in [0.2, 0.25) is 6.10 Å². The number of esters is 1. The van der Waals surface area contributed by atoms with Crippen molar-refractivity contribution >= 4 is 29.3 Å². The van der Waals surface area contributed by atoms with E-state index in [1.54, 1.807) is 79.5 Å². The van der Waals surface area contributed by atoms with Crippen LogP contribution in [0.25, 0.3) is 0 Å². The Labute approximate surface area is 174 Å². The second-order valence-corrected chi connectivity index (χ2v) is 7.03. The Morgan fingerprint density at radius 3 is 2.31 bits per heavy atom. The SMILES string of the molecule is COc1cccc(NC(=O)[C@@H](OC(=O)c2ccc(SC)cc2)c2ccccc2)c1. The normalized spacial score (nSPS) is 11.4. The second-order valence-electron chi connectivity index (χ2n) is 6.15. The van der Waals surface area contributed by atoms with Crippen molar-refractivity contribution in [3.63, 3.8) is 0 Å². The van der Waals surface area contributed by atoms with Gasteiger partial charge in [0.25, 0.3) is 5.91 Å². The minimum atomic E-state index is -1.09. The van der Waals surface area contributed by atoms with Crippen molar-refractivity contribution in [3.05, 3.63) is 90.0 Å². The maximum Gasteiger partial charge on any atom is 0.339 e. The number of amides is 1. The largest absolute Gasteiger partial charge is 0.497 e. The monoisotopic (exact) mass is 407 g/mol. The molecule has 0 saturated carbocycles. The van der Waals surface area contributed by atoms with Gasteiger partial charge in [0.05, 0.1) is 12.7 Å². The number of benzene rings is 3. The lowest BCUT2D eigenvalue weighted by molar-refractivity contribution is -0.125. The van der Waals surface area contributed by atoms with Gasteiger partial charge < -0.3 is 14.8 Å². The van der Waals surface area contributed by atoms with Gasteiger partial charge in [0, 0.05) is 22.2 Å². The molecular weight excluding hydrogens is 386 g/mol. The third-order valence-corrected chi connectivity index (χ3v) is 4.97. The summed E-state index contributed by atoms with van der Waals surface area (Å²) in [6.45, 7) is 0. The molecular formula is C23H21NO4S. The molecule has 0 saturated heterocycles. The highest BCUT2D eigenvalue weighted by molar-refractivity contribution is 7.98. The summed E-state index contributed by atoms with van der Waals surface area (Å²) >= 11 is 1.58. The number of carbonyl (C=O) groups excluding carboxylic acids is 2. The predicted molar refractivity (Wildman–Crippen MR) is 114 cm³/mol. The van der Waals surface area contributed by atoms with Crippen LogP contribution >= 0.6 is 11.8 Å². The molecule has 1 amide bonds. The lowest BCUT2D eigenvalue weighted by Gasteiger charge is -2.18. The van der Waals surface area contributed by atoms with E-state index in [1.807, 2.05) is 24.5 Å². The van der Waals surface area contributed by atoms with Crippen LogP contribution in [0.5, 0.6) is 5.75 Å². The van der Waals surface area contributed by atoms with Crippen LogP contribution in [0, 0.1) is 0 Å². The Hall–Kier alpha value is -3.25. The molecule has 0 spiro atoms. The average Bonchev–Trinajstić information content (AvgIpc) is 2.78. The van der Waals surface area contributed by atoms with Gasteiger partial charge in [-0.2, -0.15) is 0 Å². The highest BCUT2D eigenvalue weighted by Crippen LogP contribution is 2.24. The van der Waals surface area contributed by atoms with Crippen molar-refractivity contribution in [2.75, 3.05) is 18.7 Å². The highest BCUT2D eigenvalue weighted by Gasteiger charge is 2.26. The summed E-state index contributed by atoms with van der Waals surface area (Å²) in [5.74, 6) is -0.393. The van der Waals surface area contributed by atoms with E-state index in [0.717, 1.165) is 4.90 Å². The molecule has 3 rings (SSSR count). The molecule has 0 aliphatic carbocycles. The number of thioether (sulfide) groups is 1. The van der Waals surface area contributed by atoms with Crippen LogP contribution in [0.15, 0.2) is 83.8 Å². The first kappa shape index (κ1) is 20.5. The van der Waals surface area contributed by atoms with Gasteiger partial charge in [-0.15, -0.1) is 11.8 Å². The van der Waals surface area contributed by atoms with Crippen LogP contribution in [0.3, 0.4) is 0 Å². The molecule has 0 unspecified atom stereocenters. The number of ether oxygens (including phenoxy) is 2. The highest BCUT2D eigenvalue weighted by atomic mass is 32.2. The van der Waals surface area contributed by atoms with E-state index >= 15 is 0 Å².